The molecule has 1 heteroatoms. The van der Waals surface area contributed by atoms with Gasteiger partial charge in [0.25, 0.3) is 0 Å². The number of rotatable bonds is 0. The summed E-state index contributed by atoms with van der Waals surface area (Å²) in [5.74, 6) is 2.02. The van der Waals surface area contributed by atoms with Gasteiger partial charge < -0.3 is 5.32 Å². The fourth-order valence-electron chi connectivity index (χ4n) is 2.74. The van der Waals surface area contributed by atoms with Gasteiger partial charge in [0.15, 0.2) is 0 Å². The largest absolute Gasteiger partial charge is 0.314 e. The van der Waals surface area contributed by atoms with E-state index in [9.17, 15) is 0 Å². The lowest BCUT2D eigenvalue weighted by Crippen LogP contribution is -2.44. The molecular weight excluding hydrogens is 134 g/mol. The molecule has 1 nitrogen and oxygen atoms in total. The fraction of sp³-hybridized carbons (Fsp3) is 1.00. The molecule has 0 aromatic rings. The normalized spacial score (nSPS) is 45.0. The topological polar surface area (TPSA) is 12.0 Å². The number of hydrogen-bond acceptors (Lipinski definition) is 1. The Morgan fingerprint density at radius 2 is 2.09 bits per heavy atom. The lowest BCUT2D eigenvalue weighted by molar-refractivity contribution is 0.173. The van der Waals surface area contributed by atoms with Crippen LogP contribution in [0.1, 0.15) is 39.0 Å². The number of hydrogen-bond donors (Lipinski definition) is 1. The van der Waals surface area contributed by atoms with Crippen molar-refractivity contribution < 1.29 is 0 Å². The third-order valence-electron chi connectivity index (χ3n) is 3.40. The van der Waals surface area contributed by atoms with Crippen LogP contribution in [0.2, 0.25) is 0 Å². The van der Waals surface area contributed by atoms with E-state index in [1.165, 1.54) is 38.6 Å². The summed E-state index contributed by atoms with van der Waals surface area (Å²) < 4.78 is 0. The third-order valence-corrected chi connectivity index (χ3v) is 3.40. The van der Waals surface area contributed by atoms with Crippen LogP contribution in [-0.4, -0.2) is 12.6 Å². The van der Waals surface area contributed by atoms with Gasteiger partial charge >= 0.3 is 0 Å². The molecule has 1 N–H and O–H groups in total. The molecule has 0 bridgehead atoms. The minimum absolute atomic E-state index is 0.889. The summed E-state index contributed by atoms with van der Waals surface area (Å²) in [5.41, 5.74) is 0. The molecule has 0 radical (unpaired) electrons. The molecule has 1 saturated heterocycles. The molecule has 0 aromatic carbocycles. The zero-order chi connectivity index (χ0) is 7.68. The fourth-order valence-corrected chi connectivity index (χ4v) is 2.74. The van der Waals surface area contributed by atoms with Gasteiger partial charge in [-0.05, 0) is 50.5 Å². The highest BCUT2D eigenvalue weighted by Crippen LogP contribution is 2.33. The van der Waals surface area contributed by atoms with Crippen molar-refractivity contribution in [3.8, 4) is 0 Å². The van der Waals surface area contributed by atoms with Crippen LogP contribution in [0.25, 0.3) is 0 Å². The monoisotopic (exact) mass is 153 g/mol. The Balaban J connectivity index is 1.93. The first-order valence-electron chi connectivity index (χ1n) is 5.09. The molecule has 0 amide bonds. The maximum atomic E-state index is 3.64. The van der Waals surface area contributed by atoms with Crippen molar-refractivity contribution in [2.75, 3.05) is 6.54 Å². The zero-order valence-corrected chi connectivity index (χ0v) is 7.47. The van der Waals surface area contributed by atoms with Crippen LogP contribution in [0.5, 0.6) is 0 Å². The van der Waals surface area contributed by atoms with Gasteiger partial charge in [0.2, 0.25) is 0 Å². The molecule has 0 aromatic heterocycles. The molecule has 1 saturated carbocycles. The van der Waals surface area contributed by atoms with E-state index < -0.39 is 0 Å². The number of nitrogens with one attached hydrogen (secondary N) is 1. The van der Waals surface area contributed by atoms with E-state index in [1.54, 1.807) is 0 Å². The lowest BCUT2D eigenvalue weighted by Gasteiger charge is -2.38. The highest BCUT2D eigenvalue weighted by Gasteiger charge is 2.29. The quantitative estimate of drug-likeness (QED) is 0.562. The Bertz CT molecular complexity index is 133. The highest BCUT2D eigenvalue weighted by molar-refractivity contribution is 4.86. The standard InChI is InChI=1S/C10H19N/c1-8-4-5-10-9(7-8)3-2-6-11-10/h8-11H,2-7H2,1H3/t8-,9-,10-/m1/s1. The average molecular weight is 153 g/mol. The zero-order valence-electron chi connectivity index (χ0n) is 7.47. The van der Waals surface area contributed by atoms with E-state index in [0.717, 1.165) is 17.9 Å². The van der Waals surface area contributed by atoms with Crippen molar-refractivity contribution in [2.45, 2.75) is 45.1 Å². The van der Waals surface area contributed by atoms with Gasteiger partial charge in [0.1, 0.15) is 0 Å². The van der Waals surface area contributed by atoms with Crippen molar-refractivity contribution in [3.05, 3.63) is 0 Å². The van der Waals surface area contributed by atoms with Crippen LogP contribution in [-0.2, 0) is 0 Å². The summed E-state index contributed by atoms with van der Waals surface area (Å²) >= 11 is 0. The average Bonchev–Trinajstić information content (AvgIpc) is 2.04. The molecule has 2 rings (SSSR count). The lowest BCUT2D eigenvalue weighted by atomic mass is 9.75. The van der Waals surface area contributed by atoms with Crippen LogP contribution in [0, 0.1) is 11.8 Å². The Morgan fingerprint density at radius 3 is 3.00 bits per heavy atom. The molecule has 1 aliphatic heterocycles. The van der Waals surface area contributed by atoms with E-state index in [2.05, 4.69) is 12.2 Å². The van der Waals surface area contributed by atoms with E-state index in [4.69, 9.17) is 0 Å². The maximum absolute atomic E-state index is 3.64. The molecule has 0 unspecified atom stereocenters. The minimum Gasteiger partial charge on any atom is -0.314 e. The molecule has 11 heavy (non-hydrogen) atoms. The first kappa shape index (κ1) is 7.60. The minimum atomic E-state index is 0.889. The molecule has 1 aliphatic carbocycles. The number of fused-ring (bicyclic) bond motifs is 1. The second-order valence-corrected chi connectivity index (χ2v) is 4.38. The molecule has 2 aliphatic rings. The Hall–Kier alpha value is -0.0400. The SMILES string of the molecule is C[C@@H]1CC[C@H]2NCCC[C@@H]2C1. The van der Waals surface area contributed by atoms with Gasteiger partial charge in [-0.2, -0.15) is 0 Å². The van der Waals surface area contributed by atoms with Crippen molar-refractivity contribution in [3.63, 3.8) is 0 Å². The van der Waals surface area contributed by atoms with Gasteiger partial charge in [-0.25, -0.2) is 0 Å². The highest BCUT2D eigenvalue weighted by atomic mass is 14.9. The van der Waals surface area contributed by atoms with Crippen molar-refractivity contribution in [1.82, 2.24) is 5.32 Å². The van der Waals surface area contributed by atoms with Crippen LogP contribution < -0.4 is 5.32 Å². The Morgan fingerprint density at radius 1 is 1.18 bits per heavy atom. The van der Waals surface area contributed by atoms with Crippen LogP contribution in [0.15, 0.2) is 0 Å². The summed E-state index contributed by atoms with van der Waals surface area (Å²) in [6.45, 7) is 3.68. The summed E-state index contributed by atoms with van der Waals surface area (Å²) in [4.78, 5) is 0. The first-order chi connectivity index (χ1) is 5.36. The van der Waals surface area contributed by atoms with Crippen molar-refractivity contribution >= 4 is 0 Å². The number of piperidine rings is 1. The molecule has 0 spiro atoms. The molecular formula is C10H19N. The molecule has 2 fully saturated rings. The van der Waals surface area contributed by atoms with E-state index >= 15 is 0 Å². The molecule has 1 heterocycles. The Labute approximate surface area is 69.6 Å². The van der Waals surface area contributed by atoms with Gasteiger partial charge in [-0.1, -0.05) is 6.92 Å². The van der Waals surface area contributed by atoms with Crippen molar-refractivity contribution in [1.29, 1.82) is 0 Å². The predicted molar refractivity (Wildman–Crippen MR) is 47.5 cm³/mol. The second kappa shape index (κ2) is 3.14. The summed E-state index contributed by atoms with van der Waals surface area (Å²) in [6, 6.07) is 0.889. The van der Waals surface area contributed by atoms with Gasteiger partial charge in [0.05, 0.1) is 0 Å². The van der Waals surface area contributed by atoms with Crippen LogP contribution >= 0.6 is 0 Å². The summed E-state index contributed by atoms with van der Waals surface area (Å²) in [6.07, 6.45) is 7.27. The molecule has 64 valence electrons. The van der Waals surface area contributed by atoms with E-state index in [0.29, 0.717) is 0 Å². The van der Waals surface area contributed by atoms with E-state index in [1.807, 2.05) is 0 Å². The third kappa shape index (κ3) is 1.58. The summed E-state index contributed by atoms with van der Waals surface area (Å²) in [5, 5.41) is 3.64. The van der Waals surface area contributed by atoms with Gasteiger partial charge in [0, 0.05) is 6.04 Å². The van der Waals surface area contributed by atoms with Crippen LogP contribution in [0.3, 0.4) is 0 Å². The molecule has 3 atom stereocenters. The van der Waals surface area contributed by atoms with Crippen LogP contribution in [0.4, 0.5) is 0 Å². The van der Waals surface area contributed by atoms with Gasteiger partial charge in [-0.3, -0.25) is 0 Å². The second-order valence-electron chi connectivity index (χ2n) is 4.38. The smallest absolute Gasteiger partial charge is 0.00955 e. The van der Waals surface area contributed by atoms with Crippen molar-refractivity contribution in [2.24, 2.45) is 11.8 Å². The van der Waals surface area contributed by atoms with Gasteiger partial charge in [-0.15, -0.1) is 0 Å². The van der Waals surface area contributed by atoms with E-state index in [-0.39, 0.29) is 0 Å². The summed E-state index contributed by atoms with van der Waals surface area (Å²) in [7, 11) is 0. The predicted octanol–water partition coefficient (Wildman–Crippen LogP) is 2.17. The maximum Gasteiger partial charge on any atom is 0.00955 e. The Kier molecular flexibility index (Phi) is 2.17. The first-order valence-corrected chi connectivity index (χ1v) is 5.09.